The molecule has 3 fully saturated rings. The zero-order valence-corrected chi connectivity index (χ0v) is 20.3. The molecule has 10 heteroatoms. The number of ether oxygens (including phenoxy) is 3. The molecule has 1 aliphatic carbocycles. The van der Waals surface area contributed by atoms with Crippen LogP contribution in [0.2, 0.25) is 5.02 Å². The monoisotopic (exact) mass is 500 g/mol. The lowest BCUT2D eigenvalue weighted by Gasteiger charge is -2.43. The highest BCUT2D eigenvalue weighted by Gasteiger charge is 2.42. The van der Waals surface area contributed by atoms with Gasteiger partial charge in [-0.25, -0.2) is 9.97 Å². The summed E-state index contributed by atoms with van der Waals surface area (Å²) >= 11 is 6.11. The van der Waals surface area contributed by atoms with Gasteiger partial charge in [-0.05, 0) is 31.0 Å². The predicted molar refractivity (Wildman–Crippen MR) is 128 cm³/mol. The topological polar surface area (TPSA) is 94.1 Å². The van der Waals surface area contributed by atoms with E-state index in [1.165, 1.54) is 0 Å². The first-order valence-corrected chi connectivity index (χ1v) is 12.4. The van der Waals surface area contributed by atoms with Gasteiger partial charge in [-0.2, -0.15) is 0 Å². The van der Waals surface area contributed by atoms with E-state index in [9.17, 15) is 9.59 Å². The molecule has 1 aromatic carbocycles. The summed E-state index contributed by atoms with van der Waals surface area (Å²) < 4.78 is 17.6. The quantitative estimate of drug-likeness (QED) is 0.576. The lowest BCUT2D eigenvalue weighted by molar-refractivity contribution is -0.155. The Morgan fingerprint density at radius 1 is 1.09 bits per heavy atom. The fourth-order valence-electron chi connectivity index (χ4n) is 4.42. The molecule has 0 unspecified atom stereocenters. The number of hydrogen-bond acceptors (Lipinski definition) is 7. The van der Waals surface area contributed by atoms with Gasteiger partial charge >= 0.3 is 0 Å². The van der Waals surface area contributed by atoms with Gasteiger partial charge in [0.25, 0.3) is 5.91 Å². The van der Waals surface area contributed by atoms with Crippen LogP contribution in [0.3, 0.4) is 0 Å². The van der Waals surface area contributed by atoms with E-state index in [2.05, 4.69) is 9.97 Å². The van der Waals surface area contributed by atoms with Crippen molar-refractivity contribution in [3.8, 4) is 5.75 Å². The van der Waals surface area contributed by atoms with Crippen molar-refractivity contribution in [1.82, 2.24) is 19.8 Å². The van der Waals surface area contributed by atoms with Gasteiger partial charge in [0.1, 0.15) is 23.8 Å². The Kier molecular flexibility index (Phi) is 7.17. The fraction of sp³-hybridized carbons (Fsp3) is 0.520. The van der Waals surface area contributed by atoms with E-state index in [0.717, 1.165) is 18.7 Å². The van der Waals surface area contributed by atoms with Crippen LogP contribution in [0.1, 0.15) is 41.4 Å². The van der Waals surface area contributed by atoms with Crippen LogP contribution in [0.5, 0.6) is 5.75 Å². The van der Waals surface area contributed by atoms with E-state index >= 15 is 0 Å². The standard InChI is InChI=1S/C25H29ClN4O5/c26-20-2-1-3-21(12-20)34-17-25(13-22(31)29-6-9-33-10-7-29)16-30(8-11-35-25)24(32)19-14-27-23(28-15-19)18-4-5-18/h1-3,12,14-15,18H,4-11,13,16-17H2/t25-/m0/s1. The molecular weight excluding hydrogens is 472 g/mol. The number of hydrogen-bond donors (Lipinski definition) is 0. The summed E-state index contributed by atoms with van der Waals surface area (Å²) in [6.45, 7) is 3.13. The van der Waals surface area contributed by atoms with E-state index in [0.29, 0.717) is 61.7 Å². The minimum atomic E-state index is -1.000. The molecule has 35 heavy (non-hydrogen) atoms. The largest absolute Gasteiger partial charge is 0.490 e. The number of benzene rings is 1. The van der Waals surface area contributed by atoms with Crippen LogP contribution in [0.4, 0.5) is 0 Å². The summed E-state index contributed by atoms with van der Waals surface area (Å²) in [5.74, 6) is 1.57. The molecule has 1 aromatic heterocycles. The predicted octanol–water partition coefficient (Wildman–Crippen LogP) is 2.55. The van der Waals surface area contributed by atoms with Crippen molar-refractivity contribution in [2.75, 3.05) is 52.6 Å². The molecule has 0 radical (unpaired) electrons. The van der Waals surface area contributed by atoms with Crippen molar-refractivity contribution in [3.63, 3.8) is 0 Å². The second-order valence-electron chi connectivity index (χ2n) is 9.28. The molecule has 5 rings (SSSR count). The van der Waals surface area contributed by atoms with Crippen molar-refractivity contribution in [2.24, 2.45) is 0 Å². The van der Waals surface area contributed by atoms with Gasteiger partial charge < -0.3 is 24.0 Å². The van der Waals surface area contributed by atoms with Gasteiger partial charge in [-0.1, -0.05) is 17.7 Å². The lowest BCUT2D eigenvalue weighted by Crippen LogP contribution is -2.58. The zero-order chi connectivity index (χ0) is 24.3. The third kappa shape index (κ3) is 5.91. The summed E-state index contributed by atoms with van der Waals surface area (Å²) in [6, 6.07) is 7.07. The number of carbonyl (C=O) groups is 2. The van der Waals surface area contributed by atoms with E-state index in [-0.39, 0.29) is 31.4 Å². The van der Waals surface area contributed by atoms with Crippen molar-refractivity contribution < 1.29 is 23.8 Å². The van der Waals surface area contributed by atoms with E-state index < -0.39 is 5.60 Å². The van der Waals surface area contributed by atoms with Crippen molar-refractivity contribution >= 4 is 23.4 Å². The molecule has 9 nitrogen and oxygen atoms in total. The average molecular weight is 501 g/mol. The van der Waals surface area contributed by atoms with Crippen LogP contribution in [-0.4, -0.2) is 89.8 Å². The highest BCUT2D eigenvalue weighted by atomic mass is 35.5. The van der Waals surface area contributed by atoms with Crippen molar-refractivity contribution in [3.05, 3.63) is 53.1 Å². The summed E-state index contributed by atoms with van der Waals surface area (Å²) in [6.07, 6.45) is 5.49. The number of amides is 2. The molecule has 2 saturated heterocycles. The molecule has 0 spiro atoms. The van der Waals surface area contributed by atoms with Crippen molar-refractivity contribution in [2.45, 2.75) is 30.8 Å². The molecule has 3 aliphatic rings. The van der Waals surface area contributed by atoms with E-state index in [1.807, 2.05) is 0 Å². The summed E-state index contributed by atoms with van der Waals surface area (Å²) in [7, 11) is 0. The first-order chi connectivity index (χ1) is 17.0. The Morgan fingerprint density at radius 3 is 2.54 bits per heavy atom. The molecular formula is C25H29ClN4O5. The van der Waals surface area contributed by atoms with E-state index in [1.54, 1.807) is 46.5 Å². The van der Waals surface area contributed by atoms with Gasteiger partial charge in [-0.15, -0.1) is 0 Å². The van der Waals surface area contributed by atoms with Crippen LogP contribution in [0, 0.1) is 0 Å². The Morgan fingerprint density at radius 2 is 1.83 bits per heavy atom. The Balaban J connectivity index is 1.32. The van der Waals surface area contributed by atoms with Crippen molar-refractivity contribution in [1.29, 1.82) is 0 Å². The minimum Gasteiger partial charge on any atom is -0.490 e. The summed E-state index contributed by atoms with van der Waals surface area (Å²) in [5, 5.41) is 0.553. The second kappa shape index (κ2) is 10.5. The smallest absolute Gasteiger partial charge is 0.257 e. The maximum atomic E-state index is 13.3. The third-order valence-corrected chi connectivity index (χ3v) is 6.77. The maximum absolute atomic E-state index is 13.3. The summed E-state index contributed by atoms with van der Waals surface area (Å²) in [5.41, 5.74) is -0.569. The van der Waals surface area contributed by atoms with Gasteiger partial charge in [0.05, 0.1) is 38.3 Å². The highest BCUT2D eigenvalue weighted by molar-refractivity contribution is 6.30. The maximum Gasteiger partial charge on any atom is 0.257 e. The lowest BCUT2D eigenvalue weighted by atomic mass is 9.96. The number of halogens is 1. The molecule has 1 atom stereocenters. The molecule has 2 aliphatic heterocycles. The van der Waals surface area contributed by atoms with Crippen LogP contribution < -0.4 is 4.74 Å². The molecule has 186 valence electrons. The van der Waals surface area contributed by atoms with Crippen LogP contribution in [0.15, 0.2) is 36.7 Å². The Labute approximate surface area is 209 Å². The Bertz CT molecular complexity index is 1060. The normalized spacial score (nSPS) is 22.7. The molecule has 0 bridgehead atoms. The summed E-state index contributed by atoms with van der Waals surface area (Å²) in [4.78, 5) is 38.7. The van der Waals surface area contributed by atoms with Gasteiger partial charge in [-0.3, -0.25) is 9.59 Å². The number of morpholine rings is 2. The number of rotatable bonds is 7. The second-order valence-corrected chi connectivity index (χ2v) is 9.71. The van der Waals surface area contributed by atoms with Crippen LogP contribution in [-0.2, 0) is 14.3 Å². The third-order valence-electron chi connectivity index (χ3n) is 6.53. The number of carbonyl (C=O) groups excluding carboxylic acids is 2. The SMILES string of the molecule is O=C(C[C@@]1(COc2cccc(Cl)c2)CN(C(=O)c2cnc(C3CC3)nc2)CCO1)N1CCOCC1. The average Bonchev–Trinajstić information content (AvgIpc) is 3.74. The molecule has 2 aromatic rings. The fourth-order valence-corrected chi connectivity index (χ4v) is 4.60. The van der Waals surface area contributed by atoms with Crippen LogP contribution in [0.25, 0.3) is 0 Å². The van der Waals surface area contributed by atoms with Crippen LogP contribution >= 0.6 is 11.6 Å². The molecule has 0 N–H and O–H groups in total. The van der Waals surface area contributed by atoms with Gasteiger partial charge in [0.15, 0.2) is 0 Å². The first kappa shape index (κ1) is 24.0. The Hall–Kier alpha value is -2.75. The minimum absolute atomic E-state index is 0.0468. The number of aromatic nitrogens is 2. The number of nitrogens with zero attached hydrogens (tertiary/aromatic N) is 4. The zero-order valence-electron chi connectivity index (χ0n) is 19.5. The highest BCUT2D eigenvalue weighted by Crippen LogP contribution is 2.37. The van der Waals surface area contributed by atoms with E-state index in [4.69, 9.17) is 25.8 Å². The molecule has 2 amide bonds. The first-order valence-electron chi connectivity index (χ1n) is 12.0. The van der Waals surface area contributed by atoms with Gasteiger partial charge in [0, 0.05) is 43.0 Å². The molecule has 3 heterocycles. The van der Waals surface area contributed by atoms with Gasteiger partial charge in [0.2, 0.25) is 5.91 Å². The molecule has 1 saturated carbocycles.